The number of carbonyl (C=O) groups is 2. The summed E-state index contributed by atoms with van der Waals surface area (Å²) in [5.74, 6) is -1.07. The van der Waals surface area contributed by atoms with Gasteiger partial charge in [0.25, 0.3) is 5.91 Å². The molecule has 194 valence electrons. The van der Waals surface area contributed by atoms with Crippen molar-refractivity contribution in [1.82, 2.24) is 19.7 Å². The molecule has 1 aromatic carbocycles. The summed E-state index contributed by atoms with van der Waals surface area (Å²) in [6.07, 6.45) is 2.95. The minimum absolute atomic E-state index is 0.00855. The Balaban J connectivity index is 1.39. The lowest BCUT2D eigenvalue weighted by Gasteiger charge is -2.40. The van der Waals surface area contributed by atoms with E-state index in [1.54, 1.807) is 27.0 Å². The molecule has 0 aliphatic carbocycles. The van der Waals surface area contributed by atoms with Gasteiger partial charge in [-0.05, 0) is 32.0 Å². The lowest BCUT2D eigenvalue weighted by molar-refractivity contribution is -0.169. The average Bonchev–Trinajstić information content (AvgIpc) is 3.36. The van der Waals surface area contributed by atoms with Gasteiger partial charge >= 0.3 is 6.03 Å². The maximum Gasteiger partial charge on any atom is 0.320 e. The maximum absolute atomic E-state index is 14.3. The van der Waals surface area contributed by atoms with Gasteiger partial charge in [-0.25, -0.2) is 9.18 Å². The van der Waals surface area contributed by atoms with Crippen LogP contribution in [0.25, 0.3) is 10.9 Å². The van der Waals surface area contributed by atoms with Crippen LogP contribution in [0.4, 0.5) is 14.9 Å². The highest BCUT2D eigenvalue weighted by Crippen LogP contribution is 2.37. The van der Waals surface area contributed by atoms with Gasteiger partial charge in [0.1, 0.15) is 5.82 Å². The van der Waals surface area contributed by atoms with E-state index in [1.807, 2.05) is 13.8 Å². The fourth-order valence-corrected chi connectivity index (χ4v) is 5.47. The van der Waals surface area contributed by atoms with E-state index in [4.69, 9.17) is 9.47 Å². The molecular weight excluding hydrogens is 465 g/mol. The number of benzene rings is 1. The first-order valence-corrected chi connectivity index (χ1v) is 12.9. The van der Waals surface area contributed by atoms with Crippen LogP contribution < -0.4 is 4.90 Å². The number of fused-ring (bicyclic) bond motifs is 1. The van der Waals surface area contributed by atoms with Crippen LogP contribution in [0.1, 0.15) is 37.0 Å². The van der Waals surface area contributed by atoms with Crippen LogP contribution in [0.5, 0.6) is 0 Å². The van der Waals surface area contributed by atoms with Crippen molar-refractivity contribution in [3.05, 3.63) is 35.8 Å². The summed E-state index contributed by atoms with van der Waals surface area (Å²) in [7, 11) is 0. The van der Waals surface area contributed by atoms with Crippen molar-refractivity contribution in [2.24, 2.45) is 0 Å². The molecule has 5 rings (SSSR count). The second-order valence-corrected chi connectivity index (χ2v) is 9.51. The van der Waals surface area contributed by atoms with Gasteiger partial charge in [0.05, 0.1) is 30.0 Å². The van der Waals surface area contributed by atoms with E-state index in [0.717, 1.165) is 0 Å². The van der Waals surface area contributed by atoms with Crippen LogP contribution in [0.15, 0.2) is 24.4 Å². The monoisotopic (exact) mass is 499 g/mol. The quantitative estimate of drug-likeness (QED) is 0.644. The number of pyridine rings is 1. The topological polar surface area (TPSA) is 78.5 Å². The summed E-state index contributed by atoms with van der Waals surface area (Å²) >= 11 is 0. The lowest BCUT2D eigenvalue weighted by Crippen LogP contribution is -2.54. The van der Waals surface area contributed by atoms with Gasteiger partial charge in [0.2, 0.25) is 0 Å². The number of piperazine rings is 1. The molecule has 1 aromatic heterocycles. The first kappa shape index (κ1) is 24.7. The van der Waals surface area contributed by atoms with Crippen LogP contribution in [0, 0.1) is 5.82 Å². The predicted octanol–water partition coefficient (Wildman–Crippen LogP) is 2.94. The molecule has 0 N–H and O–H groups in total. The van der Waals surface area contributed by atoms with Crippen molar-refractivity contribution >= 4 is 28.5 Å². The Kier molecular flexibility index (Phi) is 6.98. The fourth-order valence-electron chi connectivity index (χ4n) is 5.47. The van der Waals surface area contributed by atoms with Crippen molar-refractivity contribution < 1.29 is 23.5 Å². The second-order valence-electron chi connectivity index (χ2n) is 9.51. The van der Waals surface area contributed by atoms with Crippen molar-refractivity contribution in [3.8, 4) is 0 Å². The zero-order chi connectivity index (χ0) is 25.3. The van der Waals surface area contributed by atoms with Crippen LogP contribution in [0.2, 0.25) is 0 Å². The largest absolute Gasteiger partial charge is 0.370 e. The summed E-state index contributed by atoms with van der Waals surface area (Å²) in [5, 5.41) is 0.625. The zero-order valence-corrected chi connectivity index (χ0v) is 21.0. The van der Waals surface area contributed by atoms with E-state index in [2.05, 4.69) is 9.88 Å². The number of amides is 3. The highest BCUT2D eigenvalue weighted by atomic mass is 19.1. The molecule has 3 amide bonds. The molecule has 2 aromatic rings. The third kappa shape index (κ3) is 4.59. The molecule has 0 bridgehead atoms. The molecule has 3 aliphatic rings. The van der Waals surface area contributed by atoms with E-state index < -0.39 is 5.79 Å². The van der Waals surface area contributed by atoms with Gasteiger partial charge in [0, 0.05) is 76.8 Å². The van der Waals surface area contributed by atoms with E-state index in [-0.39, 0.29) is 17.8 Å². The van der Waals surface area contributed by atoms with Crippen LogP contribution >= 0.6 is 0 Å². The Hall–Kier alpha value is -2.98. The number of urea groups is 1. The molecule has 3 fully saturated rings. The number of rotatable bonds is 4. The molecule has 3 aliphatic heterocycles. The SMILES string of the molecule is CCN(CC)C(=O)N1CCN(C(=O)c2cnc3ccc(F)cc3c2N2CCC3(CC2)OCCO3)CC1. The van der Waals surface area contributed by atoms with Crippen molar-refractivity contribution in [3.63, 3.8) is 0 Å². The molecule has 4 heterocycles. The molecule has 0 atom stereocenters. The predicted molar refractivity (Wildman–Crippen MR) is 134 cm³/mol. The smallest absolute Gasteiger partial charge is 0.320 e. The molecular formula is C26H34FN5O4. The number of hydrogen-bond acceptors (Lipinski definition) is 6. The normalized spacial score (nSPS) is 19.8. The van der Waals surface area contributed by atoms with E-state index in [0.29, 0.717) is 101 Å². The summed E-state index contributed by atoms with van der Waals surface area (Å²) in [6, 6.07) is 4.50. The number of aromatic nitrogens is 1. The van der Waals surface area contributed by atoms with Gasteiger partial charge in [-0.1, -0.05) is 0 Å². The number of hydrogen-bond donors (Lipinski definition) is 0. The molecule has 1 spiro atoms. The summed E-state index contributed by atoms with van der Waals surface area (Å²) in [4.78, 5) is 38.5. The second kappa shape index (κ2) is 10.2. The highest BCUT2D eigenvalue weighted by molar-refractivity contribution is 6.07. The lowest BCUT2D eigenvalue weighted by atomic mass is 9.99. The standard InChI is InChI=1S/C26H34FN5O4/c1-3-29(4-2)25(34)32-13-11-31(12-14-32)24(33)21-18-28-22-6-5-19(27)17-20(22)23(21)30-9-7-26(8-10-30)35-15-16-36-26/h5-6,17-18H,3-4,7-16H2,1-2H3. The molecule has 0 unspecified atom stereocenters. The molecule has 9 nitrogen and oxygen atoms in total. The van der Waals surface area contributed by atoms with Crippen molar-refractivity contribution in [2.75, 3.05) is 70.5 Å². The van der Waals surface area contributed by atoms with E-state index >= 15 is 0 Å². The van der Waals surface area contributed by atoms with Gasteiger partial charge in [-0.2, -0.15) is 0 Å². The number of carbonyl (C=O) groups excluding carboxylic acids is 2. The Morgan fingerprint density at radius 2 is 1.64 bits per heavy atom. The minimum atomic E-state index is -0.553. The zero-order valence-electron chi connectivity index (χ0n) is 21.0. The number of halogens is 1. The molecule has 0 radical (unpaired) electrons. The summed E-state index contributed by atoms with van der Waals surface area (Å²) in [5.41, 5.74) is 1.81. The van der Waals surface area contributed by atoms with E-state index in [1.165, 1.54) is 12.1 Å². The average molecular weight is 500 g/mol. The van der Waals surface area contributed by atoms with E-state index in [9.17, 15) is 14.0 Å². The Morgan fingerprint density at radius 1 is 1.00 bits per heavy atom. The molecule has 10 heteroatoms. The van der Waals surface area contributed by atoms with Crippen molar-refractivity contribution in [1.29, 1.82) is 0 Å². The Morgan fingerprint density at radius 3 is 2.28 bits per heavy atom. The summed E-state index contributed by atoms with van der Waals surface area (Å²) in [6.45, 7) is 9.52. The fraction of sp³-hybridized carbons (Fsp3) is 0.577. The molecule has 3 saturated heterocycles. The third-order valence-electron chi connectivity index (χ3n) is 7.56. The van der Waals surface area contributed by atoms with Gasteiger partial charge in [-0.3, -0.25) is 9.78 Å². The number of anilines is 1. The number of piperidine rings is 1. The van der Waals surface area contributed by atoms with Gasteiger partial charge < -0.3 is 29.1 Å². The highest BCUT2D eigenvalue weighted by Gasteiger charge is 2.41. The van der Waals surface area contributed by atoms with Gasteiger partial charge in [0.15, 0.2) is 5.79 Å². The minimum Gasteiger partial charge on any atom is -0.370 e. The van der Waals surface area contributed by atoms with Crippen LogP contribution in [-0.2, 0) is 9.47 Å². The van der Waals surface area contributed by atoms with Gasteiger partial charge in [-0.15, -0.1) is 0 Å². The Bertz CT molecular complexity index is 1120. The van der Waals surface area contributed by atoms with Crippen LogP contribution in [0.3, 0.4) is 0 Å². The summed E-state index contributed by atoms with van der Waals surface area (Å²) < 4.78 is 26.1. The maximum atomic E-state index is 14.3. The number of nitrogens with zero attached hydrogens (tertiary/aromatic N) is 5. The molecule has 0 saturated carbocycles. The molecule has 36 heavy (non-hydrogen) atoms. The number of ether oxygens (including phenoxy) is 2. The third-order valence-corrected chi connectivity index (χ3v) is 7.56. The van der Waals surface area contributed by atoms with Crippen LogP contribution in [-0.4, -0.2) is 103 Å². The Labute approximate surface area is 210 Å². The van der Waals surface area contributed by atoms with Crippen molar-refractivity contribution in [2.45, 2.75) is 32.5 Å². The first-order chi connectivity index (χ1) is 17.4. The first-order valence-electron chi connectivity index (χ1n) is 12.9.